The zero-order chi connectivity index (χ0) is 19.1. The third-order valence-corrected chi connectivity index (χ3v) is 5.71. The highest BCUT2D eigenvalue weighted by molar-refractivity contribution is 6.42. The fourth-order valence-corrected chi connectivity index (χ4v) is 3.91. The molecule has 0 spiro atoms. The van der Waals surface area contributed by atoms with Gasteiger partial charge in [0.25, 0.3) is 0 Å². The van der Waals surface area contributed by atoms with Crippen molar-refractivity contribution >= 4 is 34.2 Å². The van der Waals surface area contributed by atoms with Gasteiger partial charge in [-0.2, -0.15) is 4.98 Å². The third-order valence-electron chi connectivity index (χ3n) is 4.99. The number of hydrogen-bond acceptors (Lipinski definition) is 5. The van der Waals surface area contributed by atoms with E-state index in [1.165, 1.54) is 0 Å². The van der Waals surface area contributed by atoms with E-state index in [0.717, 1.165) is 0 Å². The van der Waals surface area contributed by atoms with Gasteiger partial charge in [0, 0.05) is 12.5 Å². The molecule has 27 heavy (non-hydrogen) atoms. The molecule has 0 unspecified atom stereocenters. The molecule has 1 aliphatic rings. The minimum Gasteiger partial charge on any atom is -0.425 e. The maximum atomic E-state index is 10.6. The minimum absolute atomic E-state index is 0.219. The average Bonchev–Trinajstić information content (AvgIpc) is 3.13. The second kappa shape index (κ2) is 7.30. The van der Waals surface area contributed by atoms with Crippen LogP contribution in [0, 0.1) is 5.92 Å². The first-order valence-electron chi connectivity index (χ1n) is 8.56. The number of nitrogens with zero attached hydrogens (tertiary/aromatic N) is 2. The summed E-state index contributed by atoms with van der Waals surface area (Å²) in [5, 5.41) is 31.0. The zero-order valence-corrected chi connectivity index (χ0v) is 15.7. The number of benzene rings is 2. The summed E-state index contributed by atoms with van der Waals surface area (Å²) < 4.78 is 7.67. The van der Waals surface area contributed by atoms with Gasteiger partial charge in [-0.05, 0) is 30.7 Å². The van der Waals surface area contributed by atoms with Gasteiger partial charge in [-0.3, -0.25) is 4.57 Å². The molecule has 3 aromatic rings. The van der Waals surface area contributed by atoms with Crippen LogP contribution in [0.1, 0.15) is 12.5 Å². The van der Waals surface area contributed by atoms with E-state index in [1.807, 2.05) is 18.2 Å². The summed E-state index contributed by atoms with van der Waals surface area (Å²) in [5.41, 5.74) is 1.19. The molecule has 1 fully saturated rings. The van der Waals surface area contributed by atoms with E-state index >= 15 is 0 Å². The fraction of sp³-hybridized carbons (Fsp3) is 0.316. The van der Waals surface area contributed by atoms with Gasteiger partial charge in [-0.15, -0.1) is 0 Å². The monoisotopic (exact) mass is 408 g/mol. The molecule has 0 aliphatic heterocycles. The molecule has 1 saturated carbocycles. The Kier molecular flexibility index (Phi) is 5.01. The molecule has 1 aromatic heterocycles. The number of hydrogen-bond donors (Lipinski definition) is 3. The lowest BCUT2D eigenvalue weighted by Gasteiger charge is -2.21. The molecule has 6 nitrogen and oxygen atoms in total. The van der Waals surface area contributed by atoms with Crippen molar-refractivity contribution in [2.24, 2.45) is 5.92 Å². The van der Waals surface area contributed by atoms with Gasteiger partial charge in [-0.25, -0.2) is 0 Å². The number of rotatable bonds is 4. The van der Waals surface area contributed by atoms with Crippen molar-refractivity contribution in [1.29, 1.82) is 0 Å². The first-order valence-corrected chi connectivity index (χ1v) is 9.32. The summed E-state index contributed by atoms with van der Waals surface area (Å²) in [5.74, 6) is 0.146. The van der Waals surface area contributed by atoms with Crippen molar-refractivity contribution in [2.75, 3.05) is 6.61 Å². The summed E-state index contributed by atoms with van der Waals surface area (Å²) in [6.07, 6.45) is -1.74. The van der Waals surface area contributed by atoms with Crippen molar-refractivity contribution in [3.05, 3.63) is 52.5 Å². The maximum absolute atomic E-state index is 10.6. The van der Waals surface area contributed by atoms with Crippen molar-refractivity contribution in [1.82, 2.24) is 9.55 Å². The smallest absolute Gasteiger partial charge is 0.303 e. The van der Waals surface area contributed by atoms with Crippen LogP contribution in [0.4, 0.5) is 0 Å². The van der Waals surface area contributed by atoms with E-state index < -0.39 is 24.2 Å². The lowest BCUT2D eigenvalue weighted by Crippen LogP contribution is -2.30. The summed E-state index contributed by atoms with van der Waals surface area (Å²) >= 11 is 12.3. The lowest BCUT2D eigenvalue weighted by atomic mass is 10.1. The van der Waals surface area contributed by atoms with Gasteiger partial charge in [0.15, 0.2) is 0 Å². The Morgan fingerprint density at radius 2 is 1.78 bits per heavy atom. The predicted molar refractivity (Wildman–Crippen MR) is 103 cm³/mol. The van der Waals surface area contributed by atoms with Crippen molar-refractivity contribution in [2.45, 2.75) is 24.7 Å². The van der Waals surface area contributed by atoms with Crippen molar-refractivity contribution < 1.29 is 20.1 Å². The summed E-state index contributed by atoms with van der Waals surface area (Å²) in [7, 11) is 0. The highest BCUT2D eigenvalue weighted by atomic mass is 35.5. The standard InChI is InChI=1S/C19H18Cl2N2O4/c20-12-7-14-15(8-13(12)21)23(16-6-10(9-24)17(25)18(16)26)19(22-14)27-11-4-2-1-3-5-11/h1-5,7-8,10,16-18,24-26H,6,9H2/t10-,16-,17-,18+/m0/s1. The second-order valence-electron chi connectivity index (χ2n) is 6.66. The topological polar surface area (TPSA) is 87.7 Å². The fourth-order valence-electron chi connectivity index (χ4n) is 3.59. The van der Waals surface area contributed by atoms with E-state index in [9.17, 15) is 15.3 Å². The highest BCUT2D eigenvalue weighted by Gasteiger charge is 2.43. The van der Waals surface area contributed by atoms with Crippen LogP contribution in [0.25, 0.3) is 11.0 Å². The van der Waals surface area contributed by atoms with Crippen LogP contribution in [0.2, 0.25) is 10.0 Å². The van der Waals surface area contributed by atoms with Gasteiger partial charge in [0.1, 0.15) is 11.9 Å². The number of imidazole rings is 1. The number of aliphatic hydroxyl groups is 3. The minimum atomic E-state index is -1.08. The van der Waals surface area contributed by atoms with E-state index in [4.69, 9.17) is 27.9 Å². The largest absolute Gasteiger partial charge is 0.425 e. The van der Waals surface area contributed by atoms with Gasteiger partial charge in [0.05, 0.1) is 33.2 Å². The number of ether oxygens (including phenoxy) is 1. The van der Waals surface area contributed by atoms with Crippen LogP contribution in [-0.2, 0) is 0 Å². The SMILES string of the molecule is OC[C@@H]1C[C@H](n2c(Oc3ccccc3)nc3cc(Cl)c(Cl)cc32)[C@@H](O)[C@H]1O. The molecule has 3 N–H and O–H groups in total. The molecule has 142 valence electrons. The quantitative estimate of drug-likeness (QED) is 0.615. The van der Waals surface area contributed by atoms with Crippen LogP contribution in [-0.4, -0.2) is 43.7 Å². The summed E-state index contributed by atoms with van der Waals surface area (Å²) in [4.78, 5) is 4.51. The average molecular weight is 409 g/mol. The first-order chi connectivity index (χ1) is 13.0. The van der Waals surface area contributed by atoms with Crippen LogP contribution < -0.4 is 4.74 Å². The molecule has 0 amide bonds. The summed E-state index contributed by atoms with van der Waals surface area (Å²) in [6.45, 7) is -0.219. The molecular formula is C19H18Cl2N2O4. The summed E-state index contributed by atoms with van der Waals surface area (Å²) in [6, 6.07) is 12.2. The lowest BCUT2D eigenvalue weighted by molar-refractivity contribution is -0.00419. The number of para-hydroxylation sites is 1. The molecular weight excluding hydrogens is 391 g/mol. The molecule has 1 aliphatic carbocycles. The number of aliphatic hydroxyl groups excluding tert-OH is 3. The molecule has 2 aromatic carbocycles. The Hall–Kier alpha value is -1.83. The highest BCUT2D eigenvalue weighted by Crippen LogP contribution is 2.42. The van der Waals surface area contributed by atoms with E-state index in [1.54, 1.807) is 28.8 Å². The molecule has 1 heterocycles. The van der Waals surface area contributed by atoms with Crippen molar-refractivity contribution in [3.63, 3.8) is 0 Å². The Morgan fingerprint density at radius 1 is 1.07 bits per heavy atom. The first kappa shape index (κ1) is 18.5. The van der Waals surface area contributed by atoms with E-state index in [0.29, 0.717) is 33.2 Å². The molecule has 8 heteroatoms. The maximum Gasteiger partial charge on any atom is 0.303 e. The van der Waals surface area contributed by atoms with Gasteiger partial charge in [0.2, 0.25) is 0 Å². The van der Waals surface area contributed by atoms with Crippen LogP contribution in [0.3, 0.4) is 0 Å². The zero-order valence-electron chi connectivity index (χ0n) is 14.2. The molecule has 0 radical (unpaired) electrons. The molecule has 4 atom stereocenters. The predicted octanol–water partition coefficient (Wildman–Crippen LogP) is 3.41. The number of halogens is 2. The Bertz CT molecular complexity index is 963. The normalized spacial score (nSPS) is 25.2. The van der Waals surface area contributed by atoms with Crippen LogP contribution in [0.5, 0.6) is 11.8 Å². The van der Waals surface area contributed by atoms with Crippen LogP contribution >= 0.6 is 23.2 Å². The third kappa shape index (κ3) is 3.28. The van der Waals surface area contributed by atoms with Gasteiger partial charge < -0.3 is 20.1 Å². The van der Waals surface area contributed by atoms with E-state index in [-0.39, 0.29) is 12.6 Å². The Balaban J connectivity index is 1.86. The molecule has 0 saturated heterocycles. The molecule has 4 rings (SSSR count). The van der Waals surface area contributed by atoms with E-state index in [2.05, 4.69) is 4.98 Å². The Morgan fingerprint density at radius 3 is 2.44 bits per heavy atom. The van der Waals surface area contributed by atoms with Gasteiger partial charge in [-0.1, -0.05) is 41.4 Å². The van der Waals surface area contributed by atoms with Crippen molar-refractivity contribution in [3.8, 4) is 11.8 Å². The molecule has 0 bridgehead atoms. The number of fused-ring (bicyclic) bond motifs is 1. The van der Waals surface area contributed by atoms with Crippen LogP contribution in [0.15, 0.2) is 42.5 Å². The number of aromatic nitrogens is 2. The van der Waals surface area contributed by atoms with Gasteiger partial charge >= 0.3 is 6.01 Å². The Labute approximate surface area is 165 Å². The second-order valence-corrected chi connectivity index (χ2v) is 7.48.